The van der Waals surface area contributed by atoms with Gasteiger partial charge in [-0.25, -0.2) is 9.78 Å². The monoisotopic (exact) mass is 230 g/mol. The highest BCUT2D eigenvalue weighted by atomic mass is 79.9. The van der Waals surface area contributed by atoms with Gasteiger partial charge in [-0.1, -0.05) is 6.07 Å². The molecule has 0 aliphatic rings. The van der Waals surface area contributed by atoms with Crippen molar-refractivity contribution in [3.8, 4) is 0 Å². The van der Waals surface area contributed by atoms with Crippen LogP contribution < -0.4 is 5.73 Å². The van der Waals surface area contributed by atoms with Crippen molar-refractivity contribution < 1.29 is 9.53 Å². The van der Waals surface area contributed by atoms with E-state index in [1.165, 1.54) is 0 Å². The standard InChI is InChI=1S/C7H7BrN2O2/c8-6-3-1-2-5(10-6)7(11)12-4-9/h1-3H,4,9H2. The maximum atomic E-state index is 11.0. The van der Waals surface area contributed by atoms with E-state index in [0.29, 0.717) is 4.60 Å². The van der Waals surface area contributed by atoms with E-state index in [1.807, 2.05) is 0 Å². The van der Waals surface area contributed by atoms with Crippen molar-refractivity contribution in [3.63, 3.8) is 0 Å². The first-order valence-corrected chi connectivity index (χ1v) is 4.03. The first kappa shape index (κ1) is 9.15. The van der Waals surface area contributed by atoms with Crippen LogP contribution in [0.2, 0.25) is 0 Å². The van der Waals surface area contributed by atoms with Gasteiger partial charge in [-0.05, 0) is 28.1 Å². The molecule has 0 amide bonds. The highest BCUT2D eigenvalue weighted by molar-refractivity contribution is 9.10. The van der Waals surface area contributed by atoms with E-state index in [9.17, 15) is 4.79 Å². The molecule has 1 rings (SSSR count). The molecule has 0 bridgehead atoms. The van der Waals surface area contributed by atoms with Gasteiger partial charge in [-0.2, -0.15) is 0 Å². The lowest BCUT2D eigenvalue weighted by Gasteiger charge is -1.99. The fraction of sp³-hybridized carbons (Fsp3) is 0.143. The van der Waals surface area contributed by atoms with Gasteiger partial charge in [-0.3, -0.25) is 5.73 Å². The van der Waals surface area contributed by atoms with Crippen LogP contribution in [0, 0.1) is 0 Å². The lowest BCUT2D eigenvalue weighted by Crippen LogP contribution is -2.13. The number of nitrogens with two attached hydrogens (primary N) is 1. The second-order valence-electron chi connectivity index (χ2n) is 1.94. The summed E-state index contributed by atoms with van der Waals surface area (Å²) in [6, 6.07) is 4.98. The number of hydrogen-bond acceptors (Lipinski definition) is 4. The fourth-order valence-electron chi connectivity index (χ4n) is 0.672. The van der Waals surface area contributed by atoms with E-state index >= 15 is 0 Å². The van der Waals surface area contributed by atoms with Gasteiger partial charge < -0.3 is 4.74 Å². The van der Waals surface area contributed by atoms with Crippen LogP contribution in [0.1, 0.15) is 10.5 Å². The molecule has 0 atom stereocenters. The van der Waals surface area contributed by atoms with E-state index < -0.39 is 5.97 Å². The SMILES string of the molecule is NCOC(=O)c1cccc(Br)n1. The topological polar surface area (TPSA) is 65.2 Å². The molecule has 0 unspecified atom stereocenters. The Morgan fingerprint density at radius 3 is 3.00 bits per heavy atom. The second kappa shape index (κ2) is 4.18. The third-order valence-electron chi connectivity index (χ3n) is 1.14. The van der Waals surface area contributed by atoms with E-state index in [-0.39, 0.29) is 12.4 Å². The summed E-state index contributed by atoms with van der Waals surface area (Å²) in [6.07, 6.45) is 0. The maximum Gasteiger partial charge on any atom is 0.358 e. The lowest BCUT2D eigenvalue weighted by atomic mass is 10.4. The summed E-state index contributed by atoms with van der Waals surface area (Å²) < 4.78 is 5.13. The summed E-state index contributed by atoms with van der Waals surface area (Å²) in [4.78, 5) is 14.9. The smallest absolute Gasteiger partial charge is 0.358 e. The van der Waals surface area contributed by atoms with Crippen molar-refractivity contribution >= 4 is 21.9 Å². The molecule has 5 heteroatoms. The first-order chi connectivity index (χ1) is 5.74. The van der Waals surface area contributed by atoms with Gasteiger partial charge in [-0.15, -0.1) is 0 Å². The molecule has 0 aromatic carbocycles. The quantitative estimate of drug-likeness (QED) is 0.467. The average molecular weight is 231 g/mol. The number of nitrogens with zero attached hydrogens (tertiary/aromatic N) is 1. The number of rotatable bonds is 2. The number of aromatic nitrogens is 1. The van der Waals surface area contributed by atoms with Crippen LogP contribution in [0.4, 0.5) is 0 Å². The van der Waals surface area contributed by atoms with Gasteiger partial charge in [0.05, 0.1) is 0 Å². The predicted molar refractivity (Wildman–Crippen MR) is 46.4 cm³/mol. The van der Waals surface area contributed by atoms with Crippen LogP contribution in [-0.4, -0.2) is 17.7 Å². The zero-order chi connectivity index (χ0) is 8.97. The number of halogens is 1. The minimum Gasteiger partial charge on any atom is -0.445 e. The van der Waals surface area contributed by atoms with Crippen LogP contribution >= 0.6 is 15.9 Å². The minimum atomic E-state index is -0.515. The number of pyridine rings is 1. The molecule has 12 heavy (non-hydrogen) atoms. The Kier molecular flexibility index (Phi) is 3.19. The molecule has 0 spiro atoms. The maximum absolute atomic E-state index is 11.0. The van der Waals surface area contributed by atoms with E-state index in [4.69, 9.17) is 5.73 Å². The Morgan fingerprint density at radius 1 is 1.67 bits per heavy atom. The average Bonchev–Trinajstić information content (AvgIpc) is 2.05. The largest absolute Gasteiger partial charge is 0.445 e. The van der Waals surface area contributed by atoms with Crippen molar-refractivity contribution in [2.75, 3.05) is 6.73 Å². The summed E-state index contributed by atoms with van der Waals surface area (Å²) in [6.45, 7) is -0.132. The van der Waals surface area contributed by atoms with Gasteiger partial charge in [0.25, 0.3) is 0 Å². The van der Waals surface area contributed by atoms with Crippen LogP contribution in [0.15, 0.2) is 22.8 Å². The minimum absolute atomic E-state index is 0.132. The summed E-state index contributed by atoms with van der Waals surface area (Å²) >= 11 is 3.13. The van der Waals surface area contributed by atoms with E-state index in [1.54, 1.807) is 18.2 Å². The van der Waals surface area contributed by atoms with Gasteiger partial charge in [0.2, 0.25) is 0 Å². The number of carbonyl (C=O) groups is 1. The number of esters is 1. The molecule has 4 nitrogen and oxygen atoms in total. The van der Waals surface area contributed by atoms with Crippen molar-refractivity contribution in [1.29, 1.82) is 0 Å². The molecule has 64 valence electrons. The summed E-state index contributed by atoms with van der Waals surface area (Å²) in [5.41, 5.74) is 5.27. The number of carbonyl (C=O) groups excluding carboxylic acids is 1. The highest BCUT2D eigenvalue weighted by Gasteiger charge is 2.06. The number of ether oxygens (including phenoxy) is 1. The van der Waals surface area contributed by atoms with Gasteiger partial charge in [0.1, 0.15) is 17.0 Å². The Hall–Kier alpha value is -0.940. The van der Waals surface area contributed by atoms with Gasteiger partial charge in [0.15, 0.2) is 0 Å². The summed E-state index contributed by atoms with van der Waals surface area (Å²) in [5, 5.41) is 0. The summed E-state index contributed by atoms with van der Waals surface area (Å²) in [5.74, 6) is -0.515. The van der Waals surface area contributed by atoms with Crippen molar-refractivity contribution in [2.24, 2.45) is 5.73 Å². The Bertz CT molecular complexity index is 290. The zero-order valence-electron chi connectivity index (χ0n) is 6.16. The van der Waals surface area contributed by atoms with Crippen LogP contribution in [0.5, 0.6) is 0 Å². The molecule has 1 aromatic rings. The lowest BCUT2D eigenvalue weighted by molar-refractivity contribution is 0.0508. The molecule has 2 N–H and O–H groups in total. The molecular weight excluding hydrogens is 224 g/mol. The highest BCUT2D eigenvalue weighted by Crippen LogP contribution is 2.06. The molecule has 0 aliphatic carbocycles. The van der Waals surface area contributed by atoms with Crippen LogP contribution in [0.25, 0.3) is 0 Å². The van der Waals surface area contributed by atoms with E-state index in [0.717, 1.165) is 0 Å². The van der Waals surface area contributed by atoms with E-state index in [2.05, 4.69) is 25.7 Å². The third kappa shape index (κ3) is 2.28. The Labute approximate surface area is 77.9 Å². The molecule has 1 heterocycles. The van der Waals surface area contributed by atoms with Crippen LogP contribution in [0.3, 0.4) is 0 Å². The fourth-order valence-corrected chi connectivity index (χ4v) is 1.02. The van der Waals surface area contributed by atoms with Crippen LogP contribution in [-0.2, 0) is 4.74 Å². The molecular formula is C7H7BrN2O2. The molecule has 0 fully saturated rings. The molecule has 0 saturated carbocycles. The predicted octanol–water partition coefficient (Wildman–Crippen LogP) is 0.917. The summed E-state index contributed by atoms with van der Waals surface area (Å²) in [7, 11) is 0. The molecule has 0 radical (unpaired) electrons. The van der Waals surface area contributed by atoms with Gasteiger partial charge >= 0.3 is 5.97 Å². The molecule has 0 saturated heterocycles. The molecule has 1 aromatic heterocycles. The number of hydrogen-bond donors (Lipinski definition) is 1. The van der Waals surface area contributed by atoms with Crippen molar-refractivity contribution in [3.05, 3.63) is 28.5 Å². The van der Waals surface area contributed by atoms with Crippen molar-refractivity contribution in [1.82, 2.24) is 4.98 Å². The Balaban J connectivity index is 2.81. The first-order valence-electron chi connectivity index (χ1n) is 3.24. The normalized spacial score (nSPS) is 9.50. The molecule has 0 aliphatic heterocycles. The Morgan fingerprint density at radius 2 is 2.42 bits per heavy atom. The second-order valence-corrected chi connectivity index (χ2v) is 2.76. The van der Waals surface area contributed by atoms with Gasteiger partial charge in [0, 0.05) is 0 Å². The third-order valence-corrected chi connectivity index (χ3v) is 1.58. The van der Waals surface area contributed by atoms with Crippen molar-refractivity contribution in [2.45, 2.75) is 0 Å². The zero-order valence-corrected chi connectivity index (χ0v) is 7.74.